The Labute approximate surface area is 110 Å². The van der Waals surface area contributed by atoms with Crippen LogP contribution >= 0.6 is 11.6 Å². The molecule has 7 heteroatoms. The van der Waals surface area contributed by atoms with Crippen molar-refractivity contribution in [3.05, 3.63) is 21.6 Å². The zero-order valence-corrected chi connectivity index (χ0v) is 10.7. The number of halogens is 1. The molecule has 0 radical (unpaired) electrons. The van der Waals surface area contributed by atoms with Gasteiger partial charge in [-0.2, -0.15) is 4.98 Å². The van der Waals surface area contributed by atoms with Gasteiger partial charge in [-0.25, -0.2) is 4.98 Å². The van der Waals surface area contributed by atoms with Crippen LogP contribution in [0, 0.1) is 16.0 Å². The third-order valence-corrected chi connectivity index (χ3v) is 3.40. The number of nitrogens with one attached hydrogen (secondary N) is 1. The first-order valence-corrected chi connectivity index (χ1v) is 6.45. The fraction of sp³-hybridized carbons (Fsp3) is 0.636. The summed E-state index contributed by atoms with van der Waals surface area (Å²) < 4.78 is 0. The van der Waals surface area contributed by atoms with Crippen LogP contribution in [0.25, 0.3) is 0 Å². The molecule has 1 aromatic rings. The lowest BCUT2D eigenvalue weighted by molar-refractivity contribution is -0.384. The Kier molecular flexibility index (Phi) is 4.30. The van der Waals surface area contributed by atoms with Crippen LogP contribution < -0.4 is 5.32 Å². The van der Waals surface area contributed by atoms with Gasteiger partial charge in [0.05, 0.1) is 4.92 Å². The topological polar surface area (TPSA) is 81.0 Å². The van der Waals surface area contributed by atoms with Gasteiger partial charge in [-0.1, -0.05) is 19.3 Å². The molecule has 1 aromatic heterocycles. The third kappa shape index (κ3) is 3.29. The maximum Gasteiger partial charge on any atom is 0.329 e. The summed E-state index contributed by atoms with van der Waals surface area (Å²) in [4.78, 5) is 17.8. The highest BCUT2D eigenvalue weighted by atomic mass is 35.5. The second-order valence-corrected chi connectivity index (χ2v) is 4.85. The van der Waals surface area contributed by atoms with Crippen LogP contribution in [0.5, 0.6) is 0 Å². The molecule has 1 N–H and O–H groups in total. The fourth-order valence-corrected chi connectivity index (χ4v) is 2.38. The van der Waals surface area contributed by atoms with E-state index in [1.165, 1.54) is 32.1 Å². The number of rotatable bonds is 4. The Morgan fingerprint density at radius 2 is 2.17 bits per heavy atom. The highest BCUT2D eigenvalue weighted by Gasteiger charge is 2.19. The van der Waals surface area contributed by atoms with E-state index in [4.69, 9.17) is 11.6 Å². The number of aromatic nitrogens is 2. The summed E-state index contributed by atoms with van der Waals surface area (Å²) in [6.45, 7) is 0.703. The molecule has 1 aliphatic carbocycles. The van der Waals surface area contributed by atoms with Crippen molar-refractivity contribution >= 4 is 23.1 Å². The largest absolute Gasteiger partial charge is 0.364 e. The van der Waals surface area contributed by atoms with Gasteiger partial charge in [0.15, 0.2) is 0 Å². The average molecular weight is 271 g/mol. The molecule has 0 spiro atoms. The standard InChI is InChI=1S/C11H15ClN4O2/c12-11-14-7-9(16(17)18)10(15-11)13-6-8-4-2-1-3-5-8/h7-8H,1-6H2,(H,13,14,15). The van der Waals surface area contributed by atoms with Crippen LogP contribution in [-0.2, 0) is 0 Å². The summed E-state index contributed by atoms with van der Waals surface area (Å²) in [6.07, 6.45) is 7.23. The molecule has 1 saturated carbocycles. The smallest absolute Gasteiger partial charge is 0.329 e. The maximum absolute atomic E-state index is 10.8. The molecule has 0 aliphatic heterocycles. The van der Waals surface area contributed by atoms with Crippen LogP contribution in [0.3, 0.4) is 0 Å². The van der Waals surface area contributed by atoms with Crippen molar-refractivity contribution in [3.63, 3.8) is 0 Å². The normalized spacial score (nSPS) is 16.5. The maximum atomic E-state index is 10.8. The van der Waals surface area contributed by atoms with E-state index in [-0.39, 0.29) is 16.8 Å². The van der Waals surface area contributed by atoms with Crippen molar-refractivity contribution in [1.82, 2.24) is 9.97 Å². The van der Waals surface area contributed by atoms with Gasteiger partial charge in [-0.15, -0.1) is 0 Å². The second-order valence-electron chi connectivity index (χ2n) is 4.51. The number of nitro groups is 1. The molecule has 2 rings (SSSR count). The van der Waals surface area contributed by atoms with Gasteiger partial charge in [-0.3, -0.25) is 10.1 Å². The van der Waals surface area contributed by atoms with E-state index in [9.17, 15) is 10.1 Å². The predicted molar refractivity (Wildman–Crippen MR) is 68.8 cm³/mol. The highest BCUT2D eigenvalue weighted by Crippen LogP contribution is 2.26. The van der Waals surface area contributed by atoms with Gasteiger partial charge in [0.25, 0.3) is 0 Å². The lowest BCUT2D eigenvalue weighted by Gasteiger charge is -2.21. The van der Waals surface area contributed by atoms with Gasteiger partial charge < -0.3 is 5.32 Å². The average Bonchev–Trinajstić information content (AvgIpc) is 2.37. The Bertz CT molecular complexity index is 435. The Hall–Kier alpha value is -1.43. The minimum atomic E-state index is -0.500. The van der Waals surface area contributed by atoms with E-state index >= 15 is 0 Å². The van der Waals surface area contributed by atoms with E-state index in [0.29, 0.717) is 12.5 Å². The SMILES string of the molecule is O=[N+]([O-])c1cnc(Cl)nc1NCC1CCCCC1. The summed E-state index contributed by atoms with van der Waals surface area (Å²) in [7, 11) is 0. The molecular weight excluding hydrogens is 256 g/mol. The Balaban J connectivity index is 2.03. The van der Waals surface area contributed by atoms with Gasteiger partial charge in [0.2, 0.25) is 11.1 Å². The van der Waals surface area contributed by atoms with Crippen LogP contribution in [0.15, 0.2) is 6.20 Å². The van der Waals surface area contributed by atoms with Crippen LogP contribution in [0.1, 0.15) is 32.1 Å². The zero-order chi connectivity index (χ0) is 13.0. The molecule has 98 valence electrons. The minimum absolute atomic E-state index is 0.0201. The van der Waals surface area contributed by atoms with Gasteiger partial charge in [0.1, 0.15) is 6.20 Å². The van der Waals surface area contributed by atoms with Crippen molar-refractivity contribution in [2.75, 3.05) is 11.9 Å². The molecule has 1 aliphatic rings. The van der Waals surface area contributed by atoms with E-state index in [0.717, 1.165) is 6.20 Å². The third-order valence-electron chi connectivity index (χ3n) is 3.22. The molecule has 0 aromatic carbocycles. The van der Waals surface area contributed by atoms with Crippen molar-refractivity contribution < 1.29 is 4.92 Å². The molecule has 0 bridgehead atoms. The molecule has 0 amide bonds. The van der Waals surface area contributed by atoms with Crippen LogP contribution in [0.2, 0.25) is 5.28 Å². The van der Waals surface area contributed by atoms with Crippen molar-refractivity contribution in [3.8, 4) is 0 Å². The summed E-state index contributed by atoms with van der Waals surface area (Å²) >= 11 is 5.66. The minimum Gasteiger partial charge on any atom is -0.364 e. The number of nitrogens with zero attached hydrogens (tertiary/aromatic N) is 3. The number of anilines is 1. The van der Waals surface area contributed by atoms with E-state index in [1.54, 1.807) is 0 Å². The molecule has 6 nitrogen and oxygen atoms in total. The van der Waals surface area contributed by atoms with E-state index in [2.05, 4.69) is 15.3 Å². The monoisotopic (exact) mass is 270 g/mol. The predicted octanol–water partition coefficient (Wildman–Crippen LogP) is 3.03. The van der Waals surface area contributed by atoms with Crippen molar-refractivity contribution in [2.45, 2.75) is 32.1 Å². The first-order chi connectivity index (χ1) is 8.66. The fourth-order valence-electron chi connectivity index (χ4n) is 2.25. The molecule has 1 fully saturated rings. The summed E-state index contributed by atoms with van der Waals surface area (Å²) in [6, 6.07) is 0. The Morgan fingerprint density at radius 3 is 2.83 bits per heavy atom. The van der Waals surface area contributed by atoms with Crippen LogP contribution in [0.4, 0.5) is 11.5 Å². The molecule has 0 saturated heterocycles. The van der Waals surface area contributed by atoms with Gasteiger partial charge >= 0.3 is 5.69 Å². The lowest BCUT2D eigenvalue weighted by Crippen LogP contribution is -2.18. The van der Waals surface area contributed by atoms with Crippen molar-refractivity contribution in [1.29, 1.82) is 0 Å². The van der Waals surface area contributed by atoms with Crippen molar-refractivity contribution in [2.24, 2.45) is 5.92 Å². The highest BCUT2D eigenvalue weighted by molar-refractivity contribution is 6.28. The number of hydrogen-bond donors (Lipinski definition) is 1. The first-order valence-electron chi connectivity index (χ1n) is 6.07. The molecule has 0 atom stereocenters. The first kappa shape index (κ1) is 13.0. The molecule has 18 heavy (non-hydrogen) atoms. The quantitative estimate of drug-likeness (QED) is 0.517. The molecular formula is C11H15ClN4O2. The van der Waals surface area contributed by atoms with E-state index in [1.807, 2.05) is 0 Å². The molecule has 1 heterocycles. The Morgan fingerprint density at radius 1 is 1.44 bits per heavy atom. The van der Waals surface area contributed by atoms with Gasteiger partial charge in [0, 0.05) is 6.54 Å². The zero-order valence-electron chi connectivity index (χ0n) is 9.93. The number of hydrogen-bond acceptors (Lipinski definition) is 5. The lowest BCUT2D eigenvalue weighted by atomic mass is 9.89. The van der Waals surface area contributed by atoms with Crippen LogP contribution in [-0.4, -0.2) is 21.4 Å². The summed E-state index contributed by atoms with van der Waals surface area (Å²) in [5, 5.41) is 13.9. The summed E-state index contributed by atoms with van der Waals surface area (Å²) in [5.74, 6) is 0.776. The second kappa shape index (κ2) is 5.95. The van der Waals surface area contributed by atoms with Gasteiger partial charge in [-0.05, 0) is 30.4 Å². The van der Waals surface area contributed by atoms with E-state index < -0.39 is 4.92 Å². The molecule has 0 unspecified atom stereocenters. The summed E-state index contributed by atoms with van der Waals surface area (Å²) in [5.41, 5.74) is -0.129.